The lowest BCUT2D eigenvalue weighted by molar-refractivity contribution is 0.0704. The van der Waals surface area contributed by atoms with Crippen LogP contribution < -0.4 is 11.3 Å². The van der Waals surface area contributed by atoms with E-state index in [9.17, 15) is 9.59 Å². The number of carbonyl (C=O) groups is 1. The van der Waals surface area contributed by atoms with Crippen molar-refractivity contribution in [2.45, 2.75) is 0 Å². The highest BCUT2D eigenvalue weighted by Gasteiger charge is 2.10. The molecule has 1 rings (SSSR count). The summed E-state index contributed by atoms with van der Waals surface area (Å²) in [5, 5.41) is 0. The number of hydrogen-bond donors (Lipinski definition) is 2. The Labute approximate surface area is 99.4 Å². The van der Waals surface area contributed by atoms with E-state index in [0.717, 1.165) is 0 Å². The van der Waals surface area contributed by atoms with Gasteiger partial charge in [-0.2, -0.15) is 0 Å². The molecule has 0 aliphatic rings. The SMILES string of the molecule is CN(CCOCCN)C(=O)c1ccc(=O)[nH]c1. The van der Waals surface area contributed by atoms with Gasteiger partial charge in [0.2, 0.25) is 5.56 Å². The van der Waals surface area contributed by atoms with E-state index in [-0.39, 0.29) is 11.5 Å². The van der Waals surface area contributed by atoms with Crippen LogP contribution in [-0.4, -0.2) is 49.1 Å². The Morgan fingerprint density at radius 2 is 2.24 bits per heavy atom. The van der Waals surface area contributed by atoms with Crippen LogP contribution in [0.1, 0.15) is 10.4 Å². The Hall–Kier alpha value is -1.66. The summed E-state index contributed by atoms with van der Waals surface area (Å²) in [5.74, 6) is -0.155. The van der Waals surface area contributed by atoms with E-state index in [2.05, 4.69) is 4.98 Å². The van der Waals surface area contributed by atoms with Crippen molar-refractivity contribution < 1.29 is 9.53 Å². The normalized spacial score (nSPS) is 10.2. The molecule has 0 aromatic carbocycles. The van der Waals surface area contributed by atoms with Gasteiger partial charge >= 0.3 is 0 Å². The van der Waals surface area contributed by atoms with Crippen molar-refractivity contribution in [3.63, 3.8) is 0 Å². The number of nitrogens with one attached hydrogen (secondary N) is 1. The van der Waals surface area contributed by atoms with Crippen LogP contribution in [0.5, 0.6) is 0 Å². The Kier molecular flexibility index (Phi) is 5.38. The van der Waals surface area contributed by atoms with Crippen molar-refractivity contribution >= 4 is 5.91 Å². The van der Waals surface area contributed by atoms with E-state index in [1.54, 1.807) is 7.05 Å². The number of likely N-dealkylation sites (N-methyl/N-ethyl adjacent to an activating group) is 1. The summed E-state index contributed by atoms with van der Waals surface area (Å²) in [6.45, 7) is 1.89. The summed E-state index contributed by atoms with van der Waals surface area (Å²) < 4.78 is 5.18. The van der Waals surface area contributed by atoms with Crippen LogP contribution >= 0.6 is 0 Å². The number of carbonyl (C=O) groups excluding carboxylic acids is 1. The Balaban J connectivity index is 2.46. The van der Waals surface area contributed by atoms with Gasteiger partial charge in [0, 0.05) is 32.4 Å². The van der Waals surface area contributed by atoms with E-state index in [0.29, 0.717) is 31.9 Å². The number of nitrogens with two attached hydrogens (primary N) is 1. The summed E-state index contributed by atoms with van der Waals surface area (Å²) in [4.78, 5) is 26.7. The van der Waals surface area contributed by atoms with Gasteiger partial charge in [-0.15, -0.1) is 0 Å². The number of H-pyrrole nitrogens is 1. The van der Waals surface area contributed by atoms with Crippen LogP contribution in [0.4, 0.5) is 0 Å². The minimum Gasteiger partial charge on any atom is -0.378 e. The first kappa shape index (κ1) is 13.4. The fraction of sp³-hybridized carbons (Fsp3) is 0.455. The first-order valence-electron chi connectivity index (χ1n) is 5.37. The highest BCUT2D eigenvalue weighted by Crippen LogP contribution is 1.99. The van der Waals surface area contributed by atoms with Gasteiger partial charge in [-0.1, -0.05) is 0 Å². The van der Waals surface area contributed by atoms with Crippen LogP contribution in [0, 0.1) is 0 Å². The fourth-order valence-electron chi connectivity index (χ4n) is 1.25. The third-order valence-corrected chi connectivity index (χ3v) is 2.21. The maximum atomic E-state index is 11.8. The van der Waals surface area contributed by atoms with E-state index >= 15 is 0 Å². The van der Waals surface area contributed by atoms with E-state index < -0.39 is 0 Å². The zero-order valence-electron chi connectivity index (χ0n) is 9.81. The molecule has 1 heterocycles. The molecule has 6 heteroatoms. The van der Waals surface area contributed by atoms with Gasteiger partial charge in [0.1, 0.15) is 0 Å². The van der Waals surface area contributed by atoms with Crippen LogP contribution in [-0.2, 0) is 4.74 Å². The zero-order chi connectivity index (χ0) is 12.7. The maximum Gasteiger partial charge on any atom is 0.255 e. The zero-order valence-corrected chi connectivity index (χ0v) is 9.81. The molecule has 0 atom stereocenters. The van der Waals surface area contributed by atoms with Gasteiger partial charge in [0.15, 0.2) is 0 Å². The number of nitrogens with zero attached hydrogens (tertiary/aromatic N) is 1. The number of rotatable bonds is 6. The predicted octanol–water partition coefficient (Wildman–Crippen LogP) is -0.578. The molecule has 17 heavy (non-hydrogen) atoms. The number of amides is 1. The molecule has 94 valence electrons. The second kappa shape index (κ2) is 6.82. The quantitative estimate of drug-likeness (QED) is 0.650. The summed E-state index contributed by atoms with van der Waals surface area (Å²) in [6.07, 6.45) is 1.40. The first-order valence-corrected chi connectivity index (χ1v) is 5.37. The average Bonchev–Trinajstić information content (AvgIpc) is 2.34. The monoisotopic (exact) mass is 239 g/mol. The Morgan fingerprint density at radius 3 is 2.82 bits per heavy atom. The van der Waals surface area contributed by atoms with Crippen LogP contribution in [0.2, 0.25) is 0 Å². The topological polar surface area (TPSA) is 88.4 Å². The van der Waals surface area contributed by atoms with Gasteiger partial charge in [0.25, 0.3) is 5.91 Å². The standard InChI is InChI=1S/C11H17N3O3/c1-14(5-7-17-6-4-12)11(16)9-2-3-10(15)13-8-9/h2-3,8H,4-7,12H2,1H3,(H,13,15). The molecule has 0 saturated heterocycles. The van der Waals surface area contributed by atoms with Gasteiger partial charge in [-0.25, -0.2) is 0 Å². The Bertz CT molecular complexity index is 396. The molecule has 0 radical (unpaired) electrons. The molecule has 1 amide bonds. The summed E-state index contributed by atoms with van der Waals surface area (Å²) in [5.41, 5.74) is 5.49. The van der Waals surface area contributed by atoms with Gasteiger partial charge in [-0.05, 0) is 6.07 Å². The second-order valence-corrected chi connectivity index (χ2v) is 3.57. The molecule has 1 aromatic rings. The van der Waals surface area contributed by atoms with E-state index in [1.165, 1.54) is 23.2 Å². The minimum absolute atomic E-state index is 0.155. The lowest BCUT2D eigenvalue weighted by atomic mass is 10.2. The molecular formula is C11H17N3O3. The summed E-state index contributed by atoms with van der Waals surface area (Å²) in [6, 6.07) is 2.82. The first-order chi connectivity index (χ1) is 8.15. The van der Waals surface area contributed by atoms with Crippen molar-refractivity contribution in [2.75, 3.05) is 33.4 Å². The van der Waals surface area contributed by atoms with Crippen LogP contribution in [0.25, 0.3) is 0 Å². The number of ether oxygens (including phenoxy) is 1. The molecule has 3 N–H and O–H groups in total. The van der Waals surface area contributed by atoms with Gasteiger partial charge < -0.3 is 20.4 Å². The number of aromatic amines is 1. The second-order valence-electron chi connectivity index (χ2n) is 3.57. The van der Waals surface area contributed by atoms with E-state index in [1.807, 2.05) is 0 Å². The average molecular weight is 239 g/mol. The number of hydrogen-bond acceptors (Lipinski definition) is 4. The minimum atomic E-state index is -0.226. The lowest BCUT2D eigenvalue weighted by Crippen LogP contribution is -2.31. The van der Waals surface area contributed by atoms with Gasteiger partial charge in [0.05, 0.1) is 18.8 Å². The maximum absolute atomic E-state index is 11.8. The lowest BCUT2D eigenvalue weighted by Gasteiger charge is -2.16. The van der Waals surface area contributed by atoms with Crippen molar-refractivity contribution in [2.24, 2.45) is 5.73 Å². The molecule has 0 bridgehead atoms. The molecule has 0 saturated carbocycles. The molecule has 0 fully saturated rings. The number of aromatic nitrogens is 1. The third kappa shape index (κ3) is 4.38. The number of pyridine rings is 1. The van der Waals surface area contributed by atoms with Crippen molar-refractivity contribution in [1.29, 1.82) is 0 Å². The molecule has 0 spiro atoms. The smallest absolute Gasteiger partial charge is 0.255 e. The van der Waals surface area contributed by atoms with Crippen LogP contribution in [0.3, 0.4) is 0 Å². The molecule has 0 aliphatic heterocycles. The summed E-state index contributed by atoms with van der Waals surface area (Å²) >= 11 is 0. The molecule has 0 aliphatic carbocycles. The van der Waals surface area contributed by atoms with Crippen molar-refractivity contribution in [3.8, 4) is 0 Å². The Morgan fingerprint density at radius 1 is 1.47 bits per heavy atom. The predicted molar refractivity (Wildman–Crippen MR) is 63.9 cm³/mol. The van der Waals surface area contributed by atoms with Crippen molar-refractivity contribution in [1.82, 2.24) is 9.88 Å². The van der Waals surface area contributed by atoms with Crippen molar-refractivity contribution in [3.05, 3.63) is 34.2 Å². The third-order valence-electron chi connectivity index (χ3n) is 2.21. The highest BCUT2D eigenvalue weighted by atomic mass is 16.5. The highest BCUT2D eigenvalue weighted by molar-refractivity contribution is 5.93. The fourth-order valence-corrected chi connectivity index (χ4v) is 1.25. The summed E-state index contributed by atoms with van der Waals surface area (Å²) in [7, 11) is 1.68. The van der Waals surface area contributed by atoms with Crippen LogP contribution in [0.15, 0.2) is 23.1 Å². The van der Waals surface area contributed by atoms with Gasteiger partial charge in [-0.3, -0.25) is 9.59 Å². The molecule has 6 nitrogen and oxygen atoms in total. The molecule has 0 unspecified atom stereocenters. The molecular weight excluding hydrogens is 222 g/mol. The molecule has 1 aromatic heterocycles. The largest absolute Gasteiger partial charge is 0.378 e. The van der Waals surface area contributed by atoms with E-state index in [4.69, 9.17) is 10.5 Å².